The number of rotatable bonds is 7. The molecule has 2 fully saturated rings. The van der Waals surface area contributed by atoms with E-state index in [4.69, 9.17) is 9.47 Å². The van der Waals surface area contributed by atoms with E-state index in [1.165, 1.54) is 43.5 Å². The second-order valence-corrected chi connectivity index (χ2v) is 10.2. The molecule has 0 unspecified atom stereocenters. The van der Waals surface area contributed by atoms with Crippen LogP contribution in [0.1, 0.15) is 44.6 Å². The molecule has 9 nitrogen and oxygen atoms in total. The lowest BCUT2D eigenvalue weighted by Crippen LogP contribution is -2.41. The summed E-state index contributed by atoms with van der Waals surface area (Å²) in [5, 5.41) is 7.41. The highest BCUT2D eigenvalue weighted by molar-refractivity contribution is 7.89. The van der Waals surface area contributed by atoms with Crippen LogP contribution in [0.15, 0.2) is 35.4 Å². The smallest absolute Gasteiger partial charge is 0.243 e. The van der Waals surface area contributed by atoms with Gasteiger partial charge in [-0.2, -0.15) is 9.40 Å². The van der Waals surface area contributed by atoms with Crippen molar-refractivity contribution in [1.29, 1.82) is 0 Å². The molecule has 2 heterocycles. The minimum absolute atomic E-state index is 0.0760. The topological polar surface area (TPSA) is 103 Å². The van der Waals surface area contributed by atoms with Crippen LogP contribution < -0.4 is 14.8 Å². The fourth-order valence-electron chi connectivity index (χ4n) is 4.57. The van der Waals surface area contributed by atoms with Crippen LogP contribution in [0.5, 0.6) is 11.5 Å². The Morgan fingerprint density at radius 1 is 1.03 bits per heavy atom. The molecular formula is C22H30N4O5S. The number of benzene rings is 1. The van der Waals surface area contributed by atoms with Gasteiger partial charge in [0, 0.05) is 31.1 Å². The lowest BCUT2D eigenvalue weighted by molar-refractivity contribution is -0.121. The van der Waals surface area contributed by atoms with Crippen molar-refractivity contribution in [3.05, 3.63) is 30.5 Å². The van der Waals surface area contributed by atoms with Gasteiger partial charge in [0.05, 0.1) is 31.4 Å². The van der Waals surface area contributed by atoms with Crippen molar-refractivity contribution >= 4 is 21.7 Å². The molecule has 0 atom stereocenters. The molecule has 1 amide bonds. The first-order valence-corrected chi connectivity index (χ1v) is 12.4. The summed E-state index contributed by atoms with van der Waals surface area (Å²) < 4.78 is 40.0. The van der Waals surface area contributed by atoms with E-state index in [-0.39, 0.29) is 29.8 Å². The first kappa shape index (κ1) is 22.6. The number of piperidine rings is 1. The van der Waals surface area contributed by atoms with E-state index < -0.39 is 10.0 Å². The maximum absolute atomic E-state index is 13.1. The van der Waals surface area contributed by atoms with Crippen LogP contribution in [0.4, 0.5) is 5.82 Å². The Morgan fingerprint density at radius 3 is 2.38 bits per heavy atom. The minimum Gasteiger partial charge on any atom is -0.493 e. The number of anilines is 1. The third kappa shape index (κ3) is 4.47. The normalized spacial score (nSPS) is 18.6. The van der Waals surface area contributed by atoms with Crippen LogP contribution >= 0.6 is 0 Å². The molecule has 1 aromatic carbocycles. The fourth-order valence-corrected chi connectivity index (χ4v) is 6.05. The van der Waals surface area contributed by atoms with E-state index >= 15 is 0 Å². The number of methoxy groups -OCH3 is 2. The maximum Gasteiger partial charge on any atom is 0.243 e. The Morgan fingerprint density at radius 2 is 1.72 bits per heavy atom. The summed E-state index contributed by atoms with van der Waals surface area (Å²) in [5.41, 5.74) is 0. The summed E-state index contributed by atoms with van der Waals surface area (Å²) >= 11 is 0. The summed E-state index contributed by atoms with van der Waals surface area (Å²) in [5.74, 6) is 1.24. The Labute approximate surface area is 188 Å². The van der Waals surface area contributed by atoms with Gasteiger partial charge < -0.3 is 14.8 Å². The van der Waals surface area contributed by atoms with E-state index in [1.54, 1.807) is 12.3 Å². The van der Waals surface area contributed by atoms with Crippen LogP contribution in [0.25, 0.3) is 0 Å². The number of ether oxygens (including phenoxy) is 2. The third-order valence-corrected chi connectivity index (χ3v) is 8.30. The predicted octanol–water partition coefficient (Wildman–Crippen LogP) is 3.05. The van der Waals surface area contributed by atoms with Crippen LogP contribution in [-0.4, -0.2) is 55.7 Å². The van der Waals surface area contributed by atoms with Crippen molar-refractivity contribution in [2.75, 3.05) is 32.6 Å². The van der Waals surface area contributed by atoms with Gasteiger partial charge in [-0.15, -0.1) is 0 Å². The van der Waals surface area contributed by atoms with Gasteiger partial charge in [-0.25, -0.2) is 13.1 Å². The lowest BCUT2D eigenvalue weighted by atomic mass is 9.97. The van der Waals surface area contributed by atoms with E-state index in [1.807, 2.05) is 10.7 Å². The van der Waals surface area contributed by atoms with Crippen LogP contribution in [-0.2, 0) is 14.8 Å². The van der Waals surface area contributed by atoms with Gasteiger partial charge in [-0.3, -0.25) is 4.79 Å². The standard InChI is InChI=1S/C22H30N4O5S/c1-30-19-8-7-18(15-20(19)31-2)32(28,29)25-13-10-16(11-14-25)22(27)24-21-9-12-23-26(21)17-5-3-4-6-17/h7-9,12,15-17H,3-6,10-11,13-14H2,1-2H3,(H,24,27). The van der Waals surface area contributed by atoms with Crippen LogP contribution in [0.3, 0.4) is 0 Å². The number of hydrogen-bond donors (Lipinski definition) is 1. The van der Waals surface area contributed by atoms with E-state index in [9.17, 15) is 13.2 Å². The van der Waals surface area contributed by atoms with Gasteiger partial charge in [0.1, 0.15) is 5.82 Å². The van der Waals surface area contributed by atoms with Gasteiger partial charge in [-0.05, 0) is 37.8 Å². The van der Waals surface area contributed by atoms with Crippen LogP contribution in [0.2, 0.25) is 0 Å². The summed E-state index contributed by atoms with van der Waals surface area (Å²) in [6.07, 6.45) is 7.18. The van der Waals surface area contributed by atoms with Crippen molar-refractivity contribution < 1.29 is 22.7 Å². The predicted molar refractivity (Wildman–Crippen MR) is 119 cm³/mol. The zero-order valence-electron chi connectivity index (χ0n) is 18.5. The van der Waals surface area contributed by atoms with Crippen molar-refractivity contribution in [3.63, 3.8) is 0 Å². The van der Waals surface area contributed by atoms with Crippen molar-refractivity contribution in [3.8, 4) is 11.5 Å². The Hall–Kier alpha value is -2.59. The molecule has 10 heteroatoms. The summed E-state index contributed by atoms with van der Waals surface area (Å²) in [6.45, 7) is 0.577. The molecule has 32 heavy (non-hydrogen) atoms. The van der Waals surface area contributed by atoms with Crippen molar-refractivity contribution in [2.24, 2.45) is 5.92 Å². The first-order valence-electron chi connectivity index (χ1n) is 11.0. The maximum atomic E-state index is 13.1. The number of sulfonamides is 1. The second kappa shape index (κ2) is 9.50. The first-order chi connectivity index (χ1) is 15.4. The Kier molecular flexibility index (Phi) is 6.71. The molecule has 1 aromatic heterocycles. The molecule has 4 rings (SSSR count). The summed E-state index contributed by atoms with van der Waals surface area (Å²) in [4.78, 5) is 13.0. The third-order valence-electron chi connectivity index (χ3n) is 6.41. The average Bonchev–Trinajstić information content (AvgIpc) is 3.50. The molecule has 1 aliphatic heterocycles. The molecule has 1 saturated carbocycles. The molecule has 1 N–H and O–H groups in total. The van der Waals surface area contributed by atoms with Crippen LogP contribution in [0, 0.1) is 5.92 Å². The number of nitrogens with zero attached hydrogens (tertiary/aromatic N) is 3. The number of aromatic nitrogens is 2. The van der Waals surface area contributed by atoms with Gasteiger partial charge in [0.2, 0.25) is 15.9 Å². The highest BCUT2D eigenvalue weighted by Gasteiger charge is 2.33. The highest BCUT2D eigenvalue weighted by atomic mass is 32.2. The largest absolute Gasteiger partial charge is 0.493 e. The van der Waals surface area contributed by atoms with E-state index in [2.05, 4.69) is 10.4 Å². The van der Waals surface area contributed by atoms with Gasteiger partial charge in [0.25, 0.3) is 0 Å². The average molecular weight is 463 g/mol. The monoisotopic (exact) mass is 462 g/mol. The molecule has 1 saturated heterocycles. The van der Waals surface area contributed by atoms with Gasteiger partial charge >= 0.3 is 0 Å². The highest BCUT2D eigenvalue weighted by Crippen LogP contribution is 2.33. The Bertz CT molecular complexity index is 1050. The Balaban J connectivity index is 1.39. The van der Waals surface area contributed by atoms with Crippen molar-refractivity contribution in [2.45, 2.75) is 49.5 Å². The molecule has 174 valence electrons. The SMILES string of the molecule is COc1ccc(S(=O)(=O)N2CCC(C(=O)Nc3ccnn3C3CCCC3)CC2)cc1OC. The lowest BCUT2D eigenvalue weighted by Gasteiger charge is -2.30. The second-order valence-electron chi connectivity index (χ2n) is 8.28. The van der Waals surface area contributed by atoms with Gasteiger partial charge in [0.15, 0.2) is 11.5 Å². The summed E-state index contributed by atoms with van der Waals surface area (Å²) in [7, 11) is -0.713. The number of amides is 1. The molecule has 2 aromatic rings. The van der Waals surface area contributed by atoms with E-state index in [0.717, 1.165) is 18.7 Å². The molecular weight excluding hydrogens is 432 g/mol. The number of carbonyl (C=O) groups is 1. The van der Waals surface area contributed by atoms with Gasteiger partial charge in [-0.1, -0.05) is 12.8 Å². The zero-order chi connectivity index (χ0) is 22.7. The molecule has 1 aliphatic carbocycles. The zero-order valence-corrected chi connectivity index (χ0v) is 19.3. The quantitative estimate of drug-likeness (QED) is 0.678. The number of carbonyl (C=O) groups excluding carboxylic acids is 1. The molecule has 0 spiro atoms. The molecule has 0 bridgehead atoms. The number of hydrogen-bond acceptors (Lipinski definition) is 6. The minimum atomic E-state index is -3.68. The number of nitrogens with one attached hydrogen (secondary N) is 1. The van der Waals surface area contributed by atoms with E-state index in [0.29, 0.717) is 30.4 Å². The fraction of sp³-hybridized carbons (Fsp3) is 0.545. The summed E-state index contributed by atoms with van der Waals surface area (Å²) in [6, 6.07) is 6.73. The molecule has 2 aliphatic rings. The van der Waals surface area contributed by atoms with Crippen molar-refractivity contribution in [1.82, 2.24) is 14.1 Å². The molecule has 0 radical (unpaired) electrons.